The first kappa shape index (κ1) is 20.7. The van der Waals surface area contributed by atoms with Crippen molar-refractivity contribution < 1.29 is 14.4 Å². The molecule has 3 aliphatic heterocycles. The van der Waals surface area contributed by atoms with Crippen molar-refractivity contribution in [1.29, 1.82) is 0 Å². The average molecular weight is 413 g/mol. The molecule has 0 saturated carbocycles. The van der Waals surface area contributed by atoms with Gasteiger partial charge in [0.1, 0.15) is 0 Å². The molecule has 0 radical (unpaired) electrons. The van der Waals surface area contributed by atoms with E-state index in [1.807, 2.05) is 52.9 Å². The summed E-state index contributed by atoms with van der Waals surface area (Å²) in [7, 11) is 5.37. The highest BCUT2D eigenvalue weighted by Gasteiger charge is 2.65. The van der Waals surface area contributed by atoms with Gasteiger partial charge in [-0.05, 0) is 37.8 Å². The Kier molecular flexibility index (Phi) is 5.03. The Bertz CT molecular complexity index is 875. The monoisotopic (exact) mass is 412 g/mol. The van der Waals surface area contributed by atoms with Gasteiger partial charge in [0.05, 0.1) is 5.41 Å². The standard InChI is InChI=1S/C23H32N4O3/c1-17-7-5-6-8-18(17)19(28)26-13-9-22(10-14-26)15-27(21(30)24(2)3)16-23(22)11-12-25(4)20(23)29/h5-8H,9-16H2,1-4H3. The summed E-state index contributed by atoms with van der Waals surface area (Å²) in [6.07, 6.45) is 2.29. The molecule has 0 N–H and O–H groups in total. The fraction of sp³-hybridized carbons (Fsp3) is 0.609. The van der Waals surface area contributed by atoms with Crippen LogP contribution < -0.4 is 0 Å². The topological polar surface area (TPSA) is 64.2 Å². The van der Waals surface area contributed by atoms with E-state index in [1.54, 1.807) is 19.0 Å². The lowest BCUT2D eigenvalue weighted by Crippen LogP contribution is -2.53. The van der Waals surface area contributed by atoms with E-state index in [1.165, 1.54) is 0 Å². The molecular weight excluding hydrogens is 380 g/mol. The zero-order valence-electron chi connectivity index (χ0n) is 18.5. The van der Waals surface area contributed by atoms with Crippen LogP contribution in [0.25, 0.3) is 0 Å². The molecule has 0 bridgehead atoms. The fourth-order valence-corrected chi connectivity index (χ4v) is 5.81. The first-order chi connectivity index (χ1) is 14.2. The molecule has 2 spiro atoms. The maximum Gasteiger partial charge on any atom is 0.319 e. The van der Waals surface area contributed by atoms with Gasteiger partial charge >= 0.3 is 6.03 Å². The summed E-state index contributed by atoms with van der Waals surface area (Å²) in [5.74, 6) is 0.223. The molecular formula is C23H32N4O3. The molecule has 1 aromatic carbocycles. The fourth-order valence-electron chi connectivity index (χ4n) is 5.81. The molecule has 3 heterocycles. The third kappa shape index (κ3) is 2.97. The number of piperidine rings is 1. The first-order valence-corrected chi connectivity index (χ1v) is 10.8. The minimum Gasteiger partial charge on any atom is -0.345 e. The van der Waals surface area contributed by atoms with E-state index in [-0.39, 0.29) is 23.3 Å². The van der Waals surface area contributed by atoms with Crippen molar-refractivity contribution in [3.63, 3.8) is 0 Å². The van der Waals surface area contributed by atoms with E-state index < -0.39 is 5.41 Å². The van der Waals surface area contributed by atoms with E-state index in [4.69, 9.17) is 0 Å². The van der Waals surface area contributed by atoms with E-state index >= 15 is 0 Å². The van der Waals surface area contributed by atoms with Gasteiger partial charge in [-0.15, -0.1) is 0 Å². The van der Waals surface area contributed by atoms with Gasteiger partial charge in [-0.2, -0.15) is 0 Å². The molecule has 0 aromatic heterocycles. The Morgan fingerprint density at radius 2 is 1.63 bits per heavy atom. The minimum absolute atomic E-state index is 0.0352. The lowest BCUT2D eigenvalue weighted by atomic mass is 9.60. The second kappa shape index (κ2) is 7.29. The van der Waals surface area contributed by atoms with E-state index in [2.05, 4.69) is 0 Å². The predicted octanol–water partition coefficient (Wildman–Crippen LogP) is 2.06. The van der Waals surface area contributed by atoms with Gasteiger partial charge in [-0.1, -0.05) is 18.2 Å². The Morgan fingerprint density at radius 1 is 0.967 bits per heavy atom. The highest BCUT2D eigenvalue weighted by atomic mass is 16.2. The van der Waals surface area contributed by atoms with Gasteiger partial charge in [-0.25, -0.2) is 4.79 Å². The lowest BCUT2D eigenvalue weighted by Gasteiger charge is -2.46. The normalized spacial score (nSPS) is 25.5. The van der Waals surface area contributed by atoms with E-state index in [0.717, 1.165) is 36.9 Å². The van der Waals surface area contributed by atoms with Gasteiger partial charge < -0.3 is 19.6 Å². The molecule has 7 heteroatoms. The van der Waals surface area contributed by atoms with Crippen LogP contribution in [0.3, 0.4) is 0 Å². The number of amides is 4. The minimum atomic E-state index is -0.523. The van der Waals surface area contributed by atoms with Crippen molar-refractivity contribution in [1.82, 2.24) is 19.6 Å². The zero-order chi connectivity index (χ0) is 21.7. The first-order valence-electron chi connectivity index (χ1n) is 10.8. The van der Waals surface area contributed by atoms with Crippen LogP contribution in [0.4, 0.5) is 4.79 Å². The second-order valence-corrected chi connectivity index (χ2v) is 9.48. The van der Waals surface area contributed by atoms with Crippen LogP contribution in [-0.4, -0.2) is 91.3 Å². The third-order valence-electron chi connectivity index (χ3n) is 7.64. The molecule has 4 rings (SSSR count). The van der Waals surface area contributed by atoms with Gasteiger partial charge in [0.15, 0.2) is 0 Å². The van der Waals surface area contributed by atoms with Crippen molar-refractivity contribution in [2.45, 2.75) is 26.2 Å². The molecule has 4 amide bonds. The smallest absolute Gasteiger partial charge is 0.319 e. The number of aryl methyl sites for hydroxylation is 1. The Balaban J connectivity index is 1.58. The highest BCUT2D eigenvalue weighted by molar-refractivity contribution is 5.95. The number of likely N-dealkylation sites (tertiary alicyclic amines) is 3. The third-order valence-corrected chi connectivity index (χ3v) is 7.64. The number of carbonyl (C=O) groups excluding carboxylic acids is 3. The summed E-state index contributed by atoms with van der Waals surface area (Å²) in [5.41, 5.74) is 0.944. The molecule has 1 aromatic rings. The number of urea groups is 1. The van der Waals surface area contributed by atoms with Crippen molar-refractivity contribution in [2.75, 3.05) is 53.9 Å². The van der Waals surface area contributed by atoms with Crippen molar-refractivity contribution >= 4 is 17.8 Å². The summed E-state index contributed by atoms with van der Waals surface area (Å²) in [5, 5.41) is 0. The van der Waals surface area contributed by atoms with Gasteiger partial charge in [0.25, 0.3) is 5.91 Å². The Labute approximate surface area is 178 Å². The molecule has 3 aliphatic rings. The van der Waals surface area contributed by atoms with Crippen LogP contribution in [0.1, 0.15) is 35.2 Å². The van der Waals surface area contributed by atoms with Gasteiger partial charge in [0, 0.05) is 64.8 Å². The zero-order valence-corrected chi connectivity index (χ0v) is 18.5. The predicted molar refractivity (Wildman–Crippen MR) is 114 cm³/mol. The number of carbonyl (C=O) groups is 3. The number of benzene rings is 1. The summed E-state index contributed by atoms with van der Waals surface area (Å²) < 4.78 is 0. The molecule has 3 saturated heterocycles. The number of fused-ring (bicyclic) bond motifs is 1. The SMILES string of the molecule is Cc1ccccc1C(=O)N1CCC2(CC1)CN(C(=O)N(C)C)CC21CCN(C)C1=O. The summed E-state index contributed by atoms with van der Waals surface area (Å²) >= 11 is 0. The molecule has 162 valence electrons. The van der Waals surface area contributed by atoms with Crippen LogP contribution in [0, 0.1) is 17.8 Å². The number of hydrogen-bond acceptors (Lipinski definition) is 3. The molecule has 1 atom stereocenters. The average Bonchev–Trinajstić information content (AvgIpc) is 3.20. The molecule has 30 heavy (non-hydrogen) atoms. The maximum absolute atomic E-state index is 13.3. The summed E-state index contributed by atoms with van der Waals surface area (Å²) in [6, 6.07) is 7.65. The second-order valence-electron chi connectivity index (χ2n) is 9.48. The van der Waals surface area contributed by atoms with Crippen molar-refractivity contribution in [2.24, 2.45) is 10.8 Å². The highest BCUT2D eigenvalue weighted by Crippen LogP contribution is 2.57. The summed E-state index contributed by atoms with van der Waals surface area (Å²) in [4.78, 5) is 46.3. The Hall–Kier alpha value is -2.57. The molecule has 1 unspecified atom stereocenters. The van der Waals surface area contributed by atoms with Crippen molar-refractivity contribution in [3.05, 3.63) is 35.4 Å². The molecule has 0 aliphatic carbocycles. The van der Waals surface area contributed by atoms with E-state index in [0.29, 0.717) is 26.2 Å². The van der Waals surface area contributed by atoms with Crippen molar-refractivity contribution in [3.8, 4) is 0 Å². The summed E-state index contributed by atoms with van der Waals surface area (Å²) in [6.45, 7) is 5.01. The van der Waals surface area contributed by atoms with Crippen LogP contribution in [-0.2, 0) is 4.79 Å². The number of nitrogens with zero attached hydrogens (tertiary/aromatic N) is 4. The quantitative estimate of drug-likeness (QED) is 0.709. The largest absolute Gasteiger partial charge is 0.345 e. The van der Waals surface area contributed by atoms with E-state index in [9.17, 15) is 14.4 Å². The number of rotatable bonds is 1. The maximum atomic E-state index is 13.3. The lowest BCUT2D eigenvalue weighted by molar-refractivity contribution is -0.141. The van der Waals surface area contributed by atoms with Gasteiger partial charge in [0.2, 0.25) is 5.91 Å². The van der Waals surface area contributed by atoms with Gasteiger partial charge in [-0.3, -0.25) is 9.59 Å². The van der Waals surface area contributed by atoms with Crippen LogP contribution >= 0.6 is 0 Å². The van der Waals surface area contributed by atoms with Crippen LogP contribution in [0.15, 0.2) is 24.3 Å². The van der Waals surface area contributed by atoms with Crippen LogP contribution in [0.5, 0.6) is 0 Å². The van der Waals surface area contributed by atoms with Crippen LogP contribution in [0.2, 0.25) is 0 Å². The molecule has 3 fully saturated rings. The molecule has 7 nitrogen and oxygen atoms in total. The Morgan fingerprint density at radius 3 is 2.20 bits per heavy atom. The number of hydrogen-bond donors (Lipinski definition) is 0.